The van der Waals surface area contributed by atoms with E-state index in [1.54, 1.807) is 6.07 Å². The van der Waals surface area contributed by atoms with Crippen molar-refractivity contribution in [1.29, 1.82) is 0 Å². The highest BCUT2D eigenvalue weighted by Crippen LogP contribution is 2.60. The first-order chi connectivity index (χ1) is 13.7. The normalized spacial score (nSPS) is 31.4. The molecule has 0 heterocycles. The number of carbonyl (C=O) groups is 1. The van der Waals surface area contributed by atoms with Gasteiger partial charge in [0.15, 0.2) is 0 Å². The Morgan fingerprint density at radius 1 is 1.38 bits per heavy atom. The Balaban J connectivity index is 1.82. The van der Waals surface area contributed by atoms with Gasteiger partial charge in [-0.3, -0.25) is 4.79 Å². The minimum absolute atomic E-state index is 0.0418. The molecule has 0 bridgehead atoms. The van der Waals surface area contributed by atoms with Crippen LogP contribution in [0.2, 0.25) is 0 Å². The van der Waals surface area contributed by atoms with Crippen LogP contribution >= 0.6 is 0 Å². The highest BCUT2D eigenvalue weighted by Gasteiger charge is 2.60. The first-order valence-corrected chi connectivity index (χ1v) is 10.9. The van der Waals surface area contributed by atoms with E-state index < -0.39 is 16.9 Å². The third-order valence-corrected chi connectivity index (χ3v) is 7.78. The molecule has 1 amide bonds. The van der Waals surface area contributed by atoms with Gasteiger partial charge in [-0.05, 0) is 82.0 Å². The van der Waals surface area contributed by atoms with Crippen LogP contribution in [0.3, 0.4) is 0 Å². The average Bonchev–Trinajstić information content (AvgIpc) is 3.46. The van der Waals surface area contributed by atoms with Crippen molar-refractivity contribution in [2.45, 2.75) is 62.9 Å². The SMILES string of the molecule is C=C1CC[C@@]2(O)[C@H](C)Cc3ccc(C(N)=O)c(O)c3[C@@]2(CCN(C)CC2CC2)C1. The third-order valence-electron chi connectivity index (χ3n) is 7.78. The molecule has 2 saturated carbocycles. The van der Waals surface area contributed by atoms with Gasteiger partial charge < -0.3 is 20.8 Å². The minimum Gasteiger partial charge on any atom is -0.507 e. The number of rotatable bonds is 6. The summed E-state index contributed by atoms with van der Waals surface area (Å²) in [6, 6.07) is 3.54. The smallest absolute Gasteiger partial charge is 0.252 e. The number of primary amides is 1. The lowest BCUT2D eigenvalue weighted by Gasteiger charge is -2.58. The lowest BCUT2D eigenvalue weighted by atomic mass is 9.49. The number of hydrogen-bond donors (Lipinski definition) is 3. The summed E-state index contributed by atoms with van der Waals surface area (Å²) in [5.41, 5.74) is 6.95. The van der Waals surface area contributed by atoms with E-state index in [-0.39, 0.29) is 17.2 Å². The molecule has 3 atom stereocenters. The van der Waals surface area contributed by atoms with Crippen molar-refractivity contribution in [2.24, 2.45) is 17.6 Å². The van der Waals surface area contributed by atoms with Crippen LogP contribution in [0.1, 0.15) is 66.9 Å². The zero-order chi connectivity index (χ0) is 21.0. The van der Waals surface area contributed by atoms with Crippen LogP contribution in [-0.2, 0) is 11.8 Å². The van der Waals surface area contributed by atoms with Crippen molar-refractivity contribution in [3.8, 4) is 5.75 Å². The van der Waals surface area contributed by atoms with Gasteiger partial charge in [-0.15, -0.1) is 0 Å². The molecular formula is C24H34N2O3. The molecule has 1 aromatic rings. The Kier molecular flexibility index (Phi) is 5.02. The van der Waals surface area contributed by atoms with Gasteiger partial charge in [0.05, 0.1) is 11.2 Å². The fourth-order valence-electron chi connectivity index (χ4n) is 5.98. The number of aromatic hydroxyl groups is 1. The summed E-state index contributed by atoms with van der Waals surface area (Å²) in [5.74, 6) is 0.184. The molecule has 29 heavy (non-hydrogen) atoms. The number of benzene rings is 1. The molecule has 3 aliphatic rings. The monoisotopic (exact) mass is 398 g/mol. The second-order valence-electron chi connectivity index (χ2n) is 9.85. The molecule has 0 spiro atoms. The molecule has 4 rings (SSSR count). The fraction of sp³-hybridized carbons (Fsp3) is 0.625. The highest BCUT2D eigenvalue weighted by atomic mass is 16.3. The van der Waals surface area contributed by atoms with Gasteiger partial charge in [-0.2, -0.15) is 0 Å². The lowest BCUT2D eigenvalue weighted by molar-refractivity contribution is -0.113. The molecule has 0 radical (unpaired) electrons. The lowest BCUT2D eigenvalue weighted by Crippen LogP contribution is -2.62. The van der Waals surface area contributed by atoms with Gasteiger partial charge in [0.2, 0.25) is 0 Å². The number of fused-ring (bicyclic) bond motifs is 3. The molecule has 5 heteroatoms. The number of nitrogens with two attached hydrogens (primary N) is 1. The second-order valence-corrected chi connectivity index (χ2v) is 9.85. The van der Waals surface area contributed by atoms with Crippen LogP contribution in [0.25, 0.3) is 0 Å². The molecule has 158 valence electrons. The number of hydrogen-bond acceptors (Lipinski definition) is 4. The molecule has 0 saturated heterocycles. The summed E-state index contributed by atoms with van der Waals surface area (Å²) in [5, 5.41) is 23.2. The number of phenols is 1. The van der Waals surface area contributed by atoms with E-state index in [9.17, 15) is 15.0 Å². The molecule has 4 N–H and O–H groups in total. The molecule has 0 unspecified atom stereocenters. The Morgan fingerprint density at radius 2 is 2.10 bits per heavy atom. The predicted octanol–water partition coefficient (Wildman–Crippen LogP) is 3.12. The zero-order valence-corrected chi connectivity index (χ0v) is 17.7. The van der Waals surface area contributed by atoms with Crippen molar-refractivity contribution in [3.05, 3.63) is 41.0 Å². The van der Waals surface area contributed by atoms with Crippen LogP contribution in [0, 0.1) is 11.8 Å². The van der Waals surface area contributed by atoms with E-state index in [1.807, 2.05) is 6.07 Å². The number of carbonyl (C=O) groups excluding carboxylic acids is 1. The molecule has 5 nitrogen and oxygen atoms in total. The third kappa shape index (κ3) is 3.28. The standard InChI is InChI=1S/C24H34N2O3/c1-15-8-9-24(29)16(2)12-18-6-7-19(22(25)28)21(27)20(18)23(24,13-15)10-11-26(3)14-17-4-5-17/h6-7,16-17,27,29H,1,4-5,8-14H2,2-3H3,(H2,25,28)/t16-,23-,24-/m1/s1. The van der Waals surface area contributed by atoms with E-state index >= 15 is 0 Å². The van der Waals surface area contributed by atoms with Gasteiger partial charge in [0, 0.05) is 17.5 Å². The van der Waals surface area contributed by atoms with E-state index in [0.29, 0.717) is 19.3 Å². The van der Waals surface area contributed by atoms with E-state index in [4.69, 9.17) is 5.73 Å². The number of aliphatic hydroxyl groups is 1. The summed E-state index contributed by atoms with van der Waals surface area (Å²) >= 11 is 0. The Bertz CT molecular complexity index is 847. The maximum atomic E-state index is 12.0. The summed E-state index contributed by atoms with van der Waals surface area (Å²) in [4.78, 5) is 14.3. The Morgan fingerprint density at radius 3 is 2.76 bits per heavy atom. The van der Waals surface area contributed by atoms with Crippen LogP contribution in [0.15, 0.2) is 24.3 Å². The van der Waals surface area contributed by atoms with E-state index in [0.717, 1.165) is 48.5 Å². The second kappa shape index (κ2) is 7.13. The maximum Gasteiger partial charge on any atom is 0.252 e. The van der Waals surface area contributed by atoms with Gasteiger partial charge in [0.25, 0.3) is 5.91 Å². The van der Waals surface area contributed by atoms with Crippen molar-refractivity contribution >= 4 is 5.91 Å². The molecule has 0 aliphatic heterocycles. The molecular weight excluding hydrogens is 364 g/mol. The zero-order valence-electron chi connectivity index (χ0n) is 17.7. The molecule has 2 fully saturated rings. The first kappa shape index (κ1) is 20.4. The number of allylic oxidation sites excluding steroid dienone is 1. The van der Waals surface area contributed by atoms with Crippen LogP contribution in [0.4, 0.5) is 0 Å². The summed E-state index contributed by atoms with van der Waals surface area (Å²) in [6.45, 7) is 8.27. The van der Waals surface area contributed by atoms with Crippen LogP contribution in [-0.4, -0.2) is 46.8 Å². The maximum absolute atomic E-state index is 12.0. The minimum atomic E-state index is -0.935. The van der Waals surface area contributed by atoms with Crippen molar-refractivity contribution in [1.82, 2.24) is 4.90 Å². The van der Waals surface area contributed by atoms with E-state index in [2.05, 4.69) is 25.5 Å². The van der Waals surface area contributed by atoms with Crippen LogP contribution in [0.5, 0.6) is 5.75 Å². The van der Waals surface area contributed by atoms with E-state index in [1.165, 1.54) is 12.8 Å². The van der Waals surface area contributed by atoms with Gasteiger partial charge in [-0.25, -0.2) is 0 Å². The largest absolute Gasteiger partial charge is 0.507 e. The van der Waals surface area contributed by atoms with Crippen molar-refractivity contribution in [2.75, 3.05) is 20.1 Å². The summed E-state index contributed by atoms with van der Waals surface area (Å²) < 4.78 is 0. The van der Waals surface area contributed by atoms with Gasteiger partial charge in [-0.1, -0.05) is 25.1 Å². The summed E-state index contributed by atoms with van der Waals surface area (Å²) in [6.07, 6.45) is 6.08. The number of nitrogens with zero attached hydrogens (tertiary/aromatic N) is 1. The van der Waals surface area contributed by atoms with Crippen molar-refractivity contribution in [3.63, 3.8) is 0 Å². The number of amides is 1. The van der Waals surface area contributed by atoms with Gasteiger partial charge >= 0.3 is 0 Å². The molecule has 1 aromatic carbocycles. The average molecular weight is 399 g/mol. The van der Waals surface area contributed by atoms with Crippen molar-refractivity contribution < 1.29 is 15.0 Å². The Hall–Kier alpha value is -1.85. The summed E-state index contributed by atoms with van der Waals surface area (Å²) in [7, 11) is 2.14. The highest BCUT2D eigenvalue weighted by molar-refractivity contribution is 5.96. The predicted molar refractivity (Wildman–Crippen MR) is 114 cm³/mol. The Labute approximate surface area is 173 Å². The van der Waals surface area contributed by atoms with Gasteiger partial charge in [0.1, 0.15) is 5.75 Å². The first-order valence-electron chi connectivity index (χ1n) is 10.9. The fourth-order valence-corrected chi connectivity index (χ4v) is 5.98. The van der Waals surface area contributed by atoms with Crippen LogP contribution < -0.4 is 5.73 Å². The topological polar surface area (TPSA) is 86.8 Å². The quantitative estimate of drug-likeness (QED) is 0.643. The molecule has 0 aromatic heterocycles. The molecule has 3 aliphatic carbocycles.